The topological polar surface area (TPSA) is 64.3 Å². The van der Waals surface area contributed by atoms with E-state index in [1.165, 1.54) is 5.56 Å². The number of hydrogen-bond donors (Lipinski definition) is 2. The van der Waals surface area contributed by atoms with Gasteiger partial charge in [-0.1, -0.05) is 25.1 Å². The molecule has 1 aromatic carbocycles. The number of benzene rings is 1. The molecule has 0 radical (unpaired) electrons. The van der Waals surface area contributed by atoms with E-state index in [9.17, 15) is 4.79 Å². The maximum Gasteiger partial charge on any atom is 0.237 e. The molecule has 0 aromatic heterocycles. The number of para-hydroxylation sites is 1. The van der Waals surface area contributed by atoms with Crippen LogP contribution in [0.1, 0.15) is 46.6 Å². The Hall–Kier alpha value is -1.55. The summed E-state index contributed by atoms with van der Waals surface area (Å²) < 4.78 is 6.02. The van der Waals surface area contributed by atoms with Gasteiger partial charge in [0.1, 0.15) is 5.75 Å². The maximum absolute atomic E-state index is 11.8. The van der Waals surface area contributed by atoms with Gasteiger partial charge in [-0.15, -0.1) is 0 Å². The molecule has 0 heterocycles. The van der Waals surface area contributed by atoms with Crippen molar-refractivity contribution in [1.29, 1.82) is 0 Å². The summed E-state index contributed by atoms with van der Waals surface area (Å²) in [6.07, 6.45) is 1.33. The smallest absolute Gasteiger partial charge is 0.237 e. The van der Waals surface area contributed by atoms with E-state index in [0.29, 0.717) is 6.42 Å². The number of aryl methyl sites for hydroxylation is 1. The molecule has 1 aromatic rings. The number of rotatable bonds is 8. The maximum atomic E-state index is 11.8. The zero-order valence-electron chi connectivity index (χ0n) is 13.8. The monoisotopic (exact) mass is 292 g/mol. The Morgan fingerprint density at radius 2 is 1.95 bits per heavy atom. The van der Waals surface area contributed by atoms with Crippen molar-refractivity contribution in [3.63, 3.8) is 0 Å². The van der Waals surface area contributed by atoms with Gasteiger partial charge in [0.2, 0.25) is 5.91 Å². The van der Waals surface area contributed by atoms with Gasteiger partial charge in [0.15, 0.2) is 0 Å². The molecule has 118 valence electrons. The van der Waals surface area contributed by atoms with E-state index in [-0.39, 0.29) is 18.1 Å². The highest BCUT2D eigenvalue weighted by Crippen LogP contribution is 2.23. The van der Waals surface area contributed by atoms with Crippen molar-refractivity contribution in [3.05, 3.63) is 29.8 Å². The molecule has 4 heteroatoms. The summed E-state index contributed by atoms with van der Waals surface area (Å²) in [5.74, 6) is 0.527. The lowest BCUT2D eigenvalue weighted by Crippen LogP contribution is -2.57. The van der Waals surface area contributed by atoms with E-state index >= 15 is 0 Å². The van der Waals surface area contributed by atoms with E-state index in [1.54, 1.807) is 0 Å². The Kier molecular flexibility index (Phi) is 6.21. The molecule has 0 aliphatic rings. The van der Waals surface area contributed by atoms with Crippen LogP contribution in [0, 0.1) is 0 Å². The molecule has 4 nitrogen and oxygen atoms in total. The zero-order valence-corrected chi connectivity index (χ0v) is 13.8. The lowest BCUT2D eigenvalue weighted by Gasteiger charge is -2.32. The van der Waals surface area contributed by atoms with Crippen LogP contribution in [0.5, 0.6) is 5.75 Å². The number of ether oxygens (including phenoxy) is 1. The number of primary amides is 1. The fourth-order valence-electron chi connectivity index (χ4n) is 2.61. The van der Waals surface area contributed by atoms with Crippen molar-refractivity contribution in [3.8, 4) is 5.75 Å². The molecule has 3 N–H and O–H groups in total. The van der Waals surface area contributed by atoms with Crippen molar-refractivity contribution in [1.82, 2.24) is 5.32 Å². The van der Waals surface area contributed by atoms with E-state index in [4.69, 9.17) is 10.5 Å². The van der Waals surface area contributed by atoms with Gasteiger partial charge < -0.3 is 15.8 Å². The SMILES string of the molecule is CCc1ccccc1OC(C)CC(C)(NC(C)C)C(N)=O. The van der Waals surface area contributed by atoms with Crippen LogP contribution in [0.4, 0.5) is 0 Å². The minimum absolute atomic E-state index is 0.110. The third-order valence-corrected chi connectivity index (χ3v) is 3.53. The summed E-state index contributed by atoms with van der Waals surface area (Å²) in [7, 11) is 0. The van der Waals surface area contributed by atoms with Crippen LogP contribution in [-0.4, -0.2) is 23.6 Å². The molecule has 0 aliphatic heterocycles. The molecule has 1 amide bonds. The minimum atomic E-state index is -0.769. The van der Waals surface area contributed by atoms with Gasteiger partial charge in [-0.3, -0.25) is 4.79 Å². The predicted molar refractivity (Wildman–Crippen MR) is 86.4 cm³/mol. The van der Waals surface area contributed by atoms with Crippen LogP contribution >= 0.6 is 0 Å². The van der Waals surface area contributed by atoms with E-state index < -0.39 is 5.54 Å². The summed E-state index contributed by atoms with van der Waals surface area (Å²) in [5.41, 5.74) is 5.96. The predicted octanol–water partition coefficient (Wildman–Crippen LogP) is 2.65. The van der Waals surface area contributed by atoms with Crippen LogP contribution in [-0.2, 0) is 11.2 Å². The highest BCUT2D eigenvalue weighted by molar-refractivity contribution is 5.84. The van der Waals surface area contributed by atoms with Gasteiger partial charge in [0, 0.05) is 12.5 Å². The number of carbonyl (C=O) groups excluding carboxylic acids is 1. The lowest BCUT2D eigenvalue weighted by molar-refractivity contribution is -0.125. The molecule has 0 saturated carbocycles. The summed E-state index contributed by atoms with van der Waals surface area (Å²) in [5, 5.41) is 3.25. The van der Waals surface area contributed by atoms with Gasteiger partial charge in [-0.25, -0.2) is 0 Å². The second-order valence-electron chi connectivity index (χ2n) is 6.09. The first-order valence-corrected chi connectivity index (χ1v) is 7.60. The lowest BCUT2D eigenvalue weighted by atomic mass is 9.93. The number of hydrogen-bond acceptors (Lipinski definition) is 3. The Labute approximate surface area is 128 Å². The van der Waals surface area contributed by atoms with Gasteiger partial charge in [0.25, 0.3) is 0 Å². The van der Waals surface area contributed by atoms with Crippen molar-refractivity contribution >= 4 is 5.91 Å². The summed E-state index contributed by atoms with van der Waals surface area (Å²) in [4.78, 5) is 11.8. The van der Waals surface area contributed by atoms with E-state index in [1.807, 2.05) is 45.9 Å². The first kappa shape index (κ1) is 17.5. The van der Waals surface area contributed by atoms with Gasteiger partial charge in [-0.2, -0.15) is 0 Å². The Morgan fingerprint density at radius 3 is 2.48 bits per heavy atom. The van der Waals surface area contributed by atoms with Crippen LogP contribution in [0.15, 0.2) is 24.3 Å². The van der Waals surface area contributed by atoms with Gasteiger partial charge >= 0.3 is 0 Å². The molecular weight excluding hydrogens is 264 g/mol. The largest absolute Gasteiger partial charge is 0.490 e. The average Bonchev–Trinajstić information content (AvgIpc) is 2.37. The van der Waals surface area contributed by atoms with Crippen molar-refractivity contribution < 1.29 is 9.53 Å². The van der Waals surface area contributed by atoms with Crippen LogP contribution in [0.3, 0.4) is 0 Å². The van der Waals surface area contributed by atoms with Crippen molar-refractivity contribution in [2.24, 2.45) is 5.73 Å². The highest BCUT2D eigenvalue weighted by atomic mass is 16.5. The van der Waals surface area contributed by atoms with Gasteiger partial charge in [-0.05, 0) is 45.7 Å². The summed E-state index contributed by atoms with van der Waals surface area (Å²) >= 11 is 0. The fraction of sp³-hybridized carbons (Fsp3) is 0.588. The third kappa shape index (κ3) is 5.05. The molecule has 0 saturated heterocycles. The molecular formula is C17H28N2O2. The van der Waals surface area contributed by atoms with Crippen LogP contribution in [0.2, 0.25) is 0 Å². The number of nitrogens with two attached hydrogens (primary N) is 1. The van der Waals surface area contributed by atoms with Crippen molar-refractivity contribution in [2.45, 2.75) is 65.1 Å². The number of carbonyl (C=O) groups is 1. The Balaban J connectivity index is 2.79. The average molecular weight is 292 g/mol. The molecule has 1 rings (SSSR count). The molecule has 0 aliphatic carbocycles. The third-order valence-electron chi connectivity index (χ3n) is 3.53. The van der Waals surface area contributed by atoms with Crippen LogP contribution in [0.25, 0.3) is 0 Å². The number of amides is 1. The second kappa shape index (κ2) is 7.46. The molecule has 21 heavy (non-hydrogen) atoms. The summed E-state index contributed by atoms with van der Waals surface area (Å²) in [6, 6.07) is 8.16. The standard InChI is InChI=1S/C17H28N2O2/c1-6-14-9-7-8-10-15(14)21-13(4)11-17(5,16(18)20)19-12(2)3/h7-10,12-13,19H,6,11H2,1-5H3,(H2,18,20). The Bertz CT molecular complexity index is 474. The first-order chi connectivity index (χ1) is 9.78. The molecule has 0 bridgehead atoms. The molecule has 2 unspecified atom stereocenters. The minimum Gasteiger partial charge on any atom is -0.490 e. The number of nitrogens with one attached hydrogen (secondary N) is 1. The van der Waals surface area contributed by atoms with E-state index in [0.717, 1.165) is 12.2 Å². The van der Waals surface area contributed by atoms with Gasteiger partial charge in [0.05, 0.1) is 11.6 Å². The highest BCUT2D eigenvalue weighted by Gasteiger charge is 2.34. The zero-order chi connectivity index (χ0) is 16.0. The van der Waals surface area contributed by atoms with Crippen LogP contribution < -0.4 is 15.8 Å². The quantitative estimate of drug-likeness (QED) is 0.774. The van der Waals surface area contributed by atoms with E-state index in [2.05, 4.69) is 18.3 Å². The second-order valence-corrected chi connectivity index (χ2v) is 6.09. The molecule has 0 spiro atoms. The fourth-order valence-corrected chi connectivity index (χ4v) is 2.61. The Morgan fingerprint density at radius 1 is 1.33 bits per heavy atom. The van der Waals surface area contributed by atoms with Crippen molar-refractivity contribution in [2.75, 3.05) is 0 Å². The normalized spacial score (nSPS) is 15.5. The summed E-state index contributed by atoms with van der Waals surface area (Å²) in [6.45, 7) is 9.90. The molecule has 2 atom stereocenters. The first-order valence-electron chi connectivity index (χ1n) is 7.60. The molecule has 0 fully saturated rings.